The first kappa shape index (κ1) is 54.6. The number of methoxy groups -OCH3 is 1. The number of nitrogens with one attached hydrogen (secondary N) is 2. The van der Waals surface area contributed by atoms with Gasteiger partial charge in [-0.05, 0) is 85.1 Å². The molecule has 1 aromatic heterocycles. The minimum Gasteiger partial charge on any atom is -0.497 e. The Morgan fingerprint density at radius 3 is 1.93 bits per heavy atom. The van der Waals surface area contributed by atoms with Gasteiger partial charge in [0.2, 0.25) is 25.9 Å². The van der Waals surface area contributed by atoms with Crippen molar-refractivity contribution in [3.05, 3.63) is 114 Å². The van der Waals surface area contributed by atoms with Gasteiger partial charge in [0.05, 0.1) is 31.9 Å². The van der Waals surface area contributed by atoms with Gasteiger partial charge in [-0.1, -0.05) is 93.6 Å². The van der Waals surface area contributed by atoms with Crippen molar-refractivity contribution >= 4 is 46.1 Å². The zero-order valence-electron chi connectivity index (χ0n) is 42.0. The van der Waals surface area contributed by atoms with E-state index >= 15 is 16.8 Å². The van der Waals surface area contributed by atoms with Crippen LogP contribution in [0.25, 0.3) is 11.4 Å². The summed E-state index contributed by atoms with van der Waals surface area (Å²) in [7, 11) is -10.8. The van der Waals surface area contributed by atoms with E-state index in [0.29, 0.717) is 35.7 Å². The van der Waals surface area contributed by atoms with Gasteiger partial charge in [-0.15, -0.1) is 10.2 Å². The van der Waals surface area contributed by atoms with E-state index in [9.17, 15) is 14.7 Å². The maximum Gasteiger partial charge on any atom is 0.407 e. The van der Waals surface area contributed by atoms with Gasteiger partial charge in [0, 0.05) is 58.0 Å². The minimum absolute atomic E-state index is 0.104. The van der Waals surface area contributed by atoms with E-state index < -0.39 is 61.9 Å². The number of carbonyl (C=O) groups is 2. The largest absolute Gasteiger partial charge is 0.497 e. The van der Waals surface area contributed by atoms with E-state index in [1.165, 1.54) is 21.2 Å². The molecule has 1 saturated heterocycles. The summed E-state index contributed by atoms with van der Waals surface area (Å²) in [5, 5.41) is 25.5. The van der Waals surface area contributed by atoms with E-state index in [1.807, 2.05) is 63.0 Å². The smallest absolute Gasteiger partial charge is 0.407 e. The number of nitrogens with zero attached hydrogens (tertiary/aromatic N) is 7. The first-order valence-electron chi connectivity index (χ1n) is 23.3. The molecule has 1 atom stereocenters. The highest BCUT2D eigenvalue weighted by atomic mass is 32.2. The molecule has 5 aromatic rings. The normalized spacial score (nSPS) is 14.6. The molecule has 0 bridgehead atoms. The molecule has 0 spiro atoms. The van der Waals surface area contributed by atoms with E-state index in [4.69, 9.17) is 19.0 Å². The first-order chi connectivity index (χ1) is 33.3. The number of anilines is 1. The van der Waals surface area contributed by atoms with Crippen molar-refractivity contribution in [2.75, 3.05) is 57.8 Å². The van der Waals surface area contributed by atoms with Gasteiger partial charge in [-0.25, -0.2) is 26.4 Å². The van der Waals surface area contributed by atoms with Crippen LogP contribution in [-0.2, 0) is 53.6 Å². The molecule has 1 unspecified atom stereocenters. The third-order valence-corrected chi connectivity index (χ3v) is 20.3. The van der Waals surface area contributed by atoms with Crippen LogP contribution in [0.5, 0.6) is 5.75 Å². The molecule has 2 heterocycles. The zero-order valence-corrected chi connectivity index (χ0v) is 44.6. The van der Waals surface area contributed by atoms with E-state index in [1.54, 1.807) is 93.4 Å². The number of piperazine rings is 1. The van der Waals surface area contributed by atoms with Crippen LogP contribution in [0.4, 0.5) is 10.5 Å². The topological polar surface area (TPSA) is 228 Å². The Labute approximate surface area is 418 Å². The van der Waals surface area contributed by atoms with Gasteiger partial charge in [0.15, 0.2) is 8.32 Å². The average Bonchev–Trinajstić information content (AvgIpc) is 3.77. The fraction of sp³-hybridized carbons (Fsp3) is 0.449. The molecule has 71 heavy (non-hydrogen) atoms. The van der Waals surface area contributed by atoms with E-state index in [-0.39, 0.29) is 68.8 Å². The van der Waals surface area contributed by atoms with Crippen LogP contribution in [0.1, 0.15) is 58.2 Å². The van der Waals surface area contributed by atoms with Crippen LogP contribution < -0.4 is 19.7 Å². The molecule has 0 saturated carbocycles. The molecule has 384 valence electrons. The molecule has 0 aliphatic carbocycles. The number of sulfonamides is 2. The number of carboxylic acids is 1. The maximum atomic E-state index is 16.1. The van der Waals surface area contributed by atoms with Crippen LogP contribution in [0.3, 0.4) is 0 Å². The van der Waals surface area contributed by atoms with Crippen molar-refractivity contribution in [3.63, 3.8) is 0 Å². The molecule has 19 nitrogen and oxygen atoms in total. The summed E-state index contributed by atoms with van der Waals surface area (Å²) < 4.78 is 84.0. The van der Waals surface area contributed by atoms with Crippen LogP contribution >= 0.6 is 0 Å². The molecule has 1 aliphatic rings. The average molecular weight is 1030 g/mol. The molecular formula is C49H67N9O10S2Si. The van der Waals surface area contributed by atoms with E-state index in [2.05, 4.69) is 20.4 Å². The predicted molar refractivity (Wildman–Crippen MR) is 272 cm³/mol. The minimum atomic E-state index is -4.89. The number of aromatic nitrogens is 4. The number of aliphatic carboxylic acids is 1. The molecule has 3 N–H and O–H groups in total. The summed E-state index contributed by atoms with van der Waals surface area (Å²) in [5.41, 5.74) is 1.48. The first-order valence-corrected chi connectivity index (χ1v) is 29.2. The third-order valence-electron chi connectivity index (χ3n) is 12.3. The lowest BCUT2D eigenvalue weighted by Gasteiger charge is -2.39. The van der Waals surface area contributed by atoms with Gasteiger partial charge in [-0.2, -0.15) is 9.10 Å². The Morgan fingerprint density at radius 1 is 0.803 bits per heavy atom. The number of rotatable bonds is 21. The number of hydrogen-bond donors (Lipinski definition) is 3. The number of tetrazole rings is 1. The standard InChI is InChI=1S/C49H67N9O10S2Si/c1-48(2,3)67-47(61)50-30-40(68-71(8,9)49(4,5)6)31-51-69(62,63)42-25-24-41(56-28-26-55(27-29-56)35-43(59)60)44(46-52-54-58(53-46)34-38-20-22-39(66-7)23-21-38)45(42)70(64,65)57(32-36-16-12-10-13-17-36)33-37-18-14-11-15-19-37/h10-25,40,51H,26-35H2,1-9H3,(H,50,61)(H,59,60). The highest BCUT2D eigenvalue weighted by Gasteiger charge is 2.42. The lowest BCUT2D eigenvalue weighted by atomic mass is 10.1. The molecule has 1 aliphatic heterocycles. The van der Waals surface area contributed by atoms with Crippen molar-refractivity contribution in [2.45, 2.75) is 101 Å². The van der Waals surface area contributed by atoms with Crippen LogP contribution in [0.15, 0.2) is 107 Å². The summed E-state index contributed by atoms with van der Waals surface area (Å²) in [6.07, 6.45) is -1.63. The second-order valence-electron chi connectivity index (χ2n) is 19.9. The van der Waals surface area contributed by atoms with Crippen LogP contribution in [-0.4, -0.2) is 136 Å². The third kappa shape index (κ3) is 14.7. The SMILES string of the molecule is COc1ccc(Cn2nnc(-c3c(N4CCN(CC(=O)O)CC4)ccc(S(=O)(=O)NCC(CNC(=O)OC(C)(C)C)O[Si](C)(C)C(C)(C)C)c3S(=O)(=O)N(Cc3ccccc3)Cc3ccccc3)n2)cc1. The van der Waals surface area contributed by atoms with Crippen LogP contribution in [0, 0.1) is 0 Å². The summed E-state index contributed by atoms with van der Waals surface area (Å²) in [6.45, 7) is 15.6. The molecule has 4 aromatic carbocycles. The molecule has 6 rings (SSSR count). The molecule has 0 radical (unpaired) electrons. The van der Waals surface area contributed by atoms with Crippen molar-refractivity contribution in [1.82, 2.24) is 39.5 Å². The predicted octanol–water partition coefficient (Wildman–Crippen LogP) is 6.19. The number of amides is 1. The van der Waals surface area contributed by atoms with Gasteiger partial charge in [-0.3, -0.25) is 9.69 Å². The number of hydrogen-bond acceptors (Lipinski definition) is 14. The maximum absolute atomic E-state index is 16.1. The number of carbonyl (C=O) groups excluding carboxylic acids is 1. The summed E-state index contributed by atoms with van der Waals surface area (Å²) in [6, 6.07) is 28.0. The fourth-order valence-corrected chi connectivity index (χ4v) is 12.4. The summed E-state index contributed by atoms with van der Waals surface area (Å²) in [5.74, 6) is -0.498. The molecule has 22 heteroatoms. The summed E-state index contributed by atoms with van der Waals surface area (Å²) in [4.78, 5) is 28.4. The van der Waals surface area contributed by atoms with Crippen molar-refractivity contribution < 1.29 is 45.4 Å². The van der Waals surface area contributed by atoms with Gasteiger partial charge in [0.1, 0.15) is 21.1 Å². The summed E-state index contributed by atoms with van der Waals surface area (Å²) >= 11 is 0. The quantitative estimate of drug-likeness (QED) is 0.0697. The lowest BCUT2D eigenvalue weighted by Crippen LogP contribution is -2.51. The van der Waals surface area contributed by atoms with E-state index in [0.717, 1.165) is 5.56 Å². The zero-order chi connectivity index (χ0) is 51.8. The monoisotopic (exact) mass is 1030 g/mol. The second-order valence-corrected chi connectivity index (χ2v) is 28.3. The lowest BCUT2D eigenvalue weighted by molar-refractivity contribution is -0.138. The highest BCUT2D eigenvalue weighted by Crippen LogP contribution is 2.42. The Morgan fingerprint density at radius 2 is 1.39 bits per heavy atom. The van der Waals surface area contributed by atoms with Crippen molar-refractivity contribution in [2.24, 2.45) is 0 Å². The van der Waals surface area contributed by atoms with Gasteiger partial charge >= 0.3 is 12.1 Å². The molecular weight excluding hydrogens is 967 g/mol. The number of carboxylic acid groups (broad SMARTS) is 1. The van der Waals surface area contributed by atoms with Gasteiger partial charge < -0.3 is 29.2 Å². The Kier molecular flexibility index (Phi) is 17.5. The highest BCUT2D eigenvalue weighted by molar-refractivity contribution is 7.92. The number of benzene rings is 4. The second kappa shape index (κ2) is 22.8. The Bertz CT molecular complexity index is 2770. The van der Waals surface area contributed by atoms with Crippen molar-refractivity contribution in [1.29, 1.82) is 0 Å². The molecule has 1 fully saturated rings. The Hall–Kier alpha value is -5.75. The van der Waals surface area contributed by atoms with Crippen LogP contribution in [0.2, 0.25) is 18.1 Å². The number of ether oxygens (including phenoxy) is 2. The molecule has 1 amide bonds. The Balaban J connectivity index is 1.54. The number of alkyl carbamates (subject to hydrolysis) is 1. The fourth-order valence-electron chi connectivity index (χ4n) is 7.61. The van der Waals surface area contributed by atoms with Crippen molar-refractivity contribution in [3.8, 4) is 17.1 Å². The van der Waals surface area contributed by atoms with Gasteiger partial charge in [0.25, 0.3) is 0 Å².